The SMILES string of the molecule is CCCCc1c(C(=O)O)n(CCC)c(=O)n1Cc1ccc(-c2ccccc2)c(-c2nnn[nH]2)c1. The predicted molar refractivity (Wildman–Crippen MR) is 129 cm³/mol. The number of carbonyl (C=O) groups is 1. The highest BCUT2D eigenvalue weighted by Crippen LogP contribution is 2.31. The van der Waals surface area contributed by atoms with Gasteiger partial charge in [0.15, 0.2) is 11.5 Å². The molecule has 176 valence electrons. The lowest BCUT2D eigenvalue weighted by molar-refractivity contribution is 0.0683. The second-order valence-electron chi connectivity index (χ2n) is 8.22. The van der Waals surface area contributed by atoms with Crippen LogP contribution in [0.2, 0.25) is 0 Å². The van der Waals surface area contributed by atoms with Gasteiger partial charge in [0.1, 0.15) is 0 Å². The number of imidazole rings is 1. The summed E-state index contributed by atoms with van der Waals surface area (Å²) in [4.78, 5) is 25.4. The molecule has 0 fully saturated rings. The zero-order valence-corrected chi connectivity index (χ0v) is 19.4. The van der Waals surface area contributed by atoms with Gasteiger partial charge in [0.05, 0.1) is 12.2 Å². The lowest BCUT2D eigenvalue weighted by Crippen LogP contribution is -2.26. The molecule has 4 rings (SSSR count). The second-order valence-corrected chi connectivity index (χ2v) is 8.22. The molecule has 0 amide bonds. The number of carboxylic acid groups (broad SMARTS) is 1. The maximum Gasteiger partial charge on any atom is 0.354 e. The van der Waals surface area contributed by atoms with Crippen LogP contribution in [-0.4, -0.2) is 40.8 Å². The van der Waals surface area contributed by atoms with Crippen LogP contribution in [0.25, 0.3) is 22.5 Å². The van der Waals surface area contributed by atoms with E-state index in [1.54, 1.807) is 4.57 Å². The van der Waals surface area contributed by atoms with Crippen molar-refractivity contribution in [3.8, 4) is 22.5 Å². The molecular weight excluding hydrogens is 432 g/mol. The third-order valence-electron chi connectivity index (χ3n) is 5.86. The van der Waals surface area contributed by atoms with E-state index in [1.165, 1.54) is 4.57 Å². The third-order valence-corrected chi connectivity index (χ3v) is 5.86. The minimum atomic E-state index is -1.07. The third kappa shape index (κ3) is 4.54. The van der Waals surface area contributed by atoms with E-state index in [1.807, 2.05) is 62.4 Å². The van der Waals surface area contributed by atoms with Crippen molar-refractivity contribution in [3.05, 3.63) is 76.0 Å². The summed E-state index contributed by atoms with van der Waals surface area (Å²) < 4.78 is 3.00. The van der Waals surface area contributed by atoms with Gasteiger partial charge in [-0.2, -0.15) is 0 Å². The molecule has 9 heteroatoms. The highest BCUT2D eigenvalue weighted by Gasteiger charge is 2.24. The molecule has 0 spiro atoms. The molecule has 0 saturated heterocycles. The Hall–Kier alpha value is -4.01. The Bertz CT molecular complexity index is 1320. The molecule has 0 bridgehead atoms. The number of hydrogen-bond donors (Lipinski definition) is 2. The van der Waals surface area contributed by atoms with Crippen LogP contribution in [0.5, 0.6) is 0 Å². The zero-order chi connectivity index (χ0) is 24.1. The summed E-state index contributed by atoms with van der Waals surface area (Å²) >= 11 is 0. The number of carboxylic acids is 1. The first kappa shape index (κ1) is 23.2. The minimum absolute atomic E-state index is 0.0980. The van der Waals surface area contributed by atoms with E-state index < -0.39 is 5.97 Å². The lowest BCUT2D eigenvalue weighted by atomic mass is 9.97. The van der Waals surface area contributed by atoms with Crippen molar-refractivity contribution in [1.82, 2.24) is 29.8 Å². The molecule has 9 nitrogen and oxygen atoms in total. The van der Waals surface area contributed by atoms with E-state index in [0.29, 0.717) is 30.9 Å². The number of aromatic nitrogens is 6. The maximum atomic E-state index is 13.3. The fourth-order valence-electron chi connectivity index (χ4n) is 4.28. The molecule has 0 atom stereocenters. The molecule has 4 aromatic rings. The standard InChI is InChI=1S/C25H28N6O3/c1-3-5-11-21-22(24(32)33)30(14-4-2)25(34)31(21)16-17-12-13-19(18-9-7-6-8-10-18)20(15-17)23-26-28-29-27-23/h6-10,12-13,15H,3-5,11,14,16H2,1-2H3,(H,32,33)(H,26,27,28,29). The minimum Gasteiger partial charge on any atom is -0.477 e. The molecule has 0 unspecified atom stereocenters. The Balaban J connectivity index is 1.83. The van der Waals surface area contributed by atoms with Crippen molar-refractivity contribution in [2.75, 3.05) is 0 Å². The molecule has 34 heavy (non-hydrogen) atoms. The summed E-state index contributed by atoms with van der Waals surface area (Å²) in [5.74, 6) is -0.544. The number of rotatable bonds is 10. The van der Waals surface area contributed by atoms with E-state index in [4.69, 9.17) is 0 Å². The lowest BCUT2D eigenvalue weighted by Gasteiger charge is -2.12. The van der Waals surface area contributed by atoms with Crippen molar-refractivity contribution >= 4 is 5.97 Å². The number of tetrazole rings is 1. The van der Waals surface area contributed by atoms with Gasteiger partial charge in [-0.25, -0.2) is 14.7 Å². The van der Waals surface area contributed by atoms with E-state index in [-0.39, 0.29) is 17.9 Å². The topological polar surface area (TPSA) is 119 Å². The number of benzene rings is 2. The predicted octanol–water partition coefficient (Wildman–Crippen LogP) is 4.00. The fraction of sp³-hybridized carbons (Fsp3) is 0.320. The molecule has 0 aliphatic rings. The summed E-state index contributed by atoms with van der Waals surface area (Å²) in [6.45, 7) is 4.61. The zero-order valence-electron chi connectivity index (χ0n) is 19.4. The van der Waals surface area contributed by atoms with Crippen LogP contribution in [0.15, 0.2) is 53.3 Å². The van der Waals surface area contributed by atoms with Gasteiger partial charge in [0.2, 0.25) is 0 Å². The van der Waals surface area contributed by atoms with Crippen molar-refractivity contribution in [1.29, 1.82) is 0 Å². The van der Waals surface area contributed by atoms with Gasteiger partial charge in [-0.3, -0.25) is 9.13 Å². The van der Waals surface area contributed by atoms with E-state index >= 15 is 0 Å². The smallest absolute Gasteiger partial charge is 0.354 e. The van der Waals surface area contributed by atoms with Crippen LogP contribution in [0.1, 0.15) is 54.9 Å². The number of aromatic amines is 1. The van der Waals surface area contributed by atoms with Crippen LogP contribution < -0.4 is 5.69 Å². The number of nitrogens with zero attached hydrogens (tertiary/aromatic N) is 5. The summed E-state index contributed by atoms with van der Waals surface area (Å²) in [5.41, 5.74) is 4.02. The summed E-state index contributed by atoms with van der Waals surface area (Å²) in [6, 6.07) is 15.8. The molecule has 0 radical (unpaired) electrons. The van der Waals surface area contributed by atoms with Crippen LogP contribution in [0.3, 0.4) is 0 Å². The normalized spacial score (nSPS) is 11.1. The van der Waals surface area contributed by atoms with Gasteiger partial charge < -0.3 is 5.11 Å². The Kier molecular flexibility index (Phi) is 7.01. The highest BCUT2D eigenvalue weighted by atomic mass is 16.4. The number of hydrogen-bond acceptors (Lipinski definition) is 5. The molecule has 2 aromatic heterocycles. The molecule has 2 aromatic carbocycles. The largest absolute Gasteiger partial charge is 0.477 e. The molecule has 0 aliphatic heterocycles. The summed E-state index contributed by atoms with van der Waals surface area (Å²) in [6.07, 6.45) is 2.91. The van der Waals surface area contributed by atoms with Crippen LogP contribution in [0.4, 0.5) is 0 Å². The van der Waals surface area contributed by atoms with Gasteiger partial charge >= 0.3 is 11.7 Å². The van der Waals surface area contributed by atoms with Crippen LogP contribution >= 0.6 is 0 Å². The van der Waals surface area contributed by atoms with Crippen molar-refractivity contribution < 1.29 is 9.90 Å². The van der Waals surface area contributed by atoms with Crippen molar-refractivity contribution in [2.24, 2.45) is 0 Å². The quantitative estimate of drug-likeness (QED) is 0.369. The van der Waals surface area contributed by atoms with E-state index in [9.17, 15) is 14.7 Å². The van der Waals surface area contributed by atoms with Crippen LogP contribution in [-0.2, 0) is 19.5 Å². The molecule has 2 N–H and O–H groups in total. The highest BCUT2D eigenvalue weighted by molar-refractivity contribution is 5.87. The van der Waals surface area contributed by atoms with Gasteiger partial charge in [0.25, 0.3) is 0 Å². The van der Waals surface area contributed by atoms with Crippen molar-refractivity contribution in [3.63, 3.8) is 0 Å². The number of aromatic carboxylic acids is 1. The van der Waals surface area contributed by atoms with Crippen molar-refractivity contribution in [2.45, 2.75) is 52.6 Å². The van der Waals surface area contributed by atoms with Gasteiger partial charge in [-0.05, 0) is 52.4 Å². The summed E-state index contributed by atoms with van der Waals surface area (Å²) in [7, 11) is 0. The fourth-order valence-corrected chi connectivity index (χ4v) is 4.28. The van der Waals surface area contributed by atoms with Gasteiger partial charge in [-0.1, -0.05) is 62.7 Å². The Morgan fingerprint density at radius 2 is 1.82 bits per heavy atom. The average molecular weight is 461 g/mol. The number of nitrogens with one attached hydrogen (secondary N) is 1. The van der Waals surface area contributed by atoms with E-state index in [0.717, 1.165) is 35.1 Å². The molecular formula is C25H28N6O3. The van der Waals surface area contributed by atoms with Crippen LogP contribution in [0, 0.1) is 0 Å². The Morgan fingerprint density at radius 3 is 2.47 bits per heavy atom. The molecule has 0 saturated carbocycles. The average Bonchev–Trinajstić information content (AvgIpc) is 3.47. The second kappa shape index (κ2) is 10.3. The first-order valence-corrected chi connectivity index (χ1v) is 11.5. The Labute approximate surface area is 197 Å². The number of H-pyrrole nitrogens is 1. The molecule has 2 heterocycles. The summed E-state index contributed by atoms with van der Waals surface area (Å²) in [5, 5.41) is 24.3. The first-order valence-electron chi connectivity index (χ1n) is 11.5. The maximum absolute atomic E-state index is 13.3. The Morgan fingerprint density at radius 1 is 1.03 bits per heavy atom. The monoisotopic (exact) mass is 460 g/mol. The van der Waals surface area contributed by atoms with E-state index in [2.05, 4.69) is 20.6 Å². The first-order chi connectivity index (χ1) is 16.5. The molecule has 0 aliphatic carbocycles. The van der Waals surface area contributed by atoms with Gasteiger partial charge in [-0.15, -0.1) is 5.10 Å². The number of unbranched alkanes of at least 4 members (excludes halogenated alkanes) is 1. The van der Waals surface area contributed by atoms with Gasteiger partial charge in [0, 0.05) is 12.1 Å².